The molecule has 2 atom stereocenters. The van der Waals surface area contributed by atoms with Gasteiger partial charge in [0.1, 0.15) is 5.78 Å². The van der Waals surface area contributed by atoms with Gasteiger partial charge in [-0.1, -0.05) is 13.8 Å². The molecule has 2 rings (SSSR count). The number of sulfone groups is 3. The number of carbonyl (C=O) groups is 1. The molecule has 0 amide bonds. The van der Waals surface area contributed by atoms with Gasteiger partial charge in [0.2, 0.25) is 0 Å². The third-order valence-electron chi connectivity index (χ3n) is 6.45. The van der Waals surface area contributed by atoms with Crippen molar-refractivity contribution < 1.29 is 39.5 Å². The first-order valence-corrected chi connectivity index (χ1v) is 14.2. The smallest absolute Gasteiger partial charge is 0.140 e. The third-order valence-corrected chi connectivity index (χ3v) is 14.8. The van der Waals surface area contributed by atoms with Gasteiger partial charge in [0.05, 0.1) is 42.7 Å². The van der Waals surface area contributed by atoms with E-state index in [1.165, 1.54) is 14.2 Å². The molecule has 2 aliphatic rings. The number of ether oxygens (including phenoxy) is 2. The van der Waals surface area contributed by atoms with Gasteiger partial charge in [0, 0.05) is 47.2 Å². The third kappa shape index (κ3) is 4.28. The van der Waals surface area contributed by atoms with E-state index in [0.717, 1.165) is 0 Å². The average Bonchev–Trinajstić information content (AvgIpc) is 2.91. The maximum Gasteiger partial charge on any atom is 0.140 e. The summed E-state index contributed by atoms with van der Waals surface area (Å²) < 4.78 is 85.5. The largest absolute Gasteiger partial charge is 0.384 e. The Balaban J connectivity index is 2.54. The lowest BCUT2D eigenvalue weighted by atomic mass is 9.70. The van der Waals surface area contributed by atoms with E-state index in [4.69, 9.17) is 9.47 Å². The van der Waals surface area contributed by atoms with Crippen LogP contribution in [0.1, 0.15) is 33.1 Å². The van der Waals surface area contributed by atoms with Gasteiger partial charge in [-0.2, -0.15) is 0 Å². The first kappa shape index (κ1) is 24.7. The summed E-state index contributed by atoms with van der Waals surface area (Å²) in [7, 11) is -11.8. The van der Waals surface area contributed by atoms with E-state index in [1.54, 1.807) is 13.8 Å². The highest BCUT2D eigenvalue weighted by Crippen LogP contribution is 2.64. The summed E-state index contributed by atoms with van der Waals surface area (Å²) in [5.74, 6) is -2.65. The first-order valence-electron chi connectivity index (χ1n) is 9.24. The summed E-state index contributed by atoms with van der Waals surface area (Å²) in [5, 5.41) is 0. The maximum atomic E-state index is 13.3. The van der Waals surface area contributed by atoms with E-state index in [1.807, 2.05) is 0 Å². The number of hydrogen-bond donors (Lipinski definition) is 0. The number of methoxy groups -OCH3 is 2. The second kappa shape index (κ2) is 8.18. The van der Waals surface area contributed by atoms with Gasteiger partial charge in [0.15, 0.2) is 0 Å². The van der Waals surface area contributed by atoms with E-state index < -0.39 is 61.5 Å². The van der Waals surface area contributed by atoms with Crippen LogP contribution < -0.4 is 0 Å². The molecule has 2 aliphatic carbocycles. The van der Waals surface area contributed by atoms with Crippen molar-refractivity contribution in [2.24, 2.45) is 16.7 Å². The summed E-state index contributed by atoms with van der Waals surface area (Å²) >= 11 is 0. The Kier molecular flexibility index (Phi) is 6.97. The molecule has 170 valence electrons. The van der Waals surface area contributed by atoms with Gasteiger partial charge in [0.25, 0.3) is 0 Å². The Morgan fingerprint density at radius 3 is 1.76 bits per heavy atom. The zero-order valence-corrected chi connectivity index (χ0v) is 19.6. The molecule has 0 radical (unpaired) electrons. The van der Waals surface area contributed by atoms with Crippen molar-refractivity contribution in [1.82, 2.24) is 0 Å². The maximum absolute atomic E-state index is 13.3. The standard InChI is InChI=1S/C17H29O9S3/c1-16(2)13-5-6-17(16,14(18)11-13)12-29(23,24)15(27(19,20)9-7-25-3)28(21,22)10-8-26-4/h13H,5-12H2,1-4H3/q-1. The molecule has 0 N–H and O–H groups in total. The van der Waals surface area contributed by atoms with Crippen molar-refractivity contribution in [2.45, 2.75) is 33.1 Å². The average molecular weight is 474 g/mol. The summed E-state index contributed by atoms with van der Waals surface area (Å²) in [6, 6.07) is 0. The summed E-state index contributed by atoms with van der Waals surface area (Å²) in [5.41, 5.74) is -1.94. The number of ketones is 1. The van der Waals surface area contributed by atoms with Crippen molar-refractivity contribution in [3.63, 3.8) is 0 Å². The van der Waals surface area contributed by atoms with E-state index in [-0.39, 0.29) is 31.3 Å². The molecule has 2 unspecified atom stereocenters. The van der Waals surface area contributed by atoms with Crippen molar-refractivity contribution in [3.8, 4) is 0 Å². The van der Waals surface area contributed by atoms with Gasteiger partial charge in [-0.15, -0.1) is 0 Å². The van der Waals surface area contributed by atoms with Gasteiger partial charge in [-0.25, -0.2) is 0 Å². The minimum atomic E-state index is -4.82. The number of rotatable bonds is 11. The minimum Gasteiger partial charge on any atom is -0.384 e. The van der Waals surface area contributed by atoms with Crippen LogP contribution in [0.2, 0.25) is 0 Å². The monoisotopic (exact) mass is 473 g/mol. The zero-order chi connectivity index (χ0) is 22.3. The van der Waals surface area contributed by atoms with Crippen LogP contribution in [0.5, 0.6) is 0 Å². The van der Waals surface area contributed by atoms with Crippen molar-refractivity contribution in [1.29, 1.82) is 0 Å². The number of hydrogen-bond acceptors (Lipinski definition) is 9. The van der Waals surface area contributed by atoms with Crippen molar-refractivity contribution >= 4 is 35.3 Å². The Labute approximate surface area is 173 Å². The van der Waals surface area contributed by atoms with E-state index in [9.17, 15) is 30.0 Å². The summed E-state index contributed by atoms with van der Waals surface area (Å²) in [6.07, 6.45) is 1.17. The summed E-state index contributed by atoms with van der Waals surface area (Å²) in [6.45, 7) is 2.87. The number of carbonyl (C=O) groups excluding carboxylic acids is 1. The lowest BCUT2D eigenvalue weighted by molar-refractivity contribution is -0.128. The van der Waals surface area contributed by atoms with Crippen LogP contribution in [-0.2, 0) is 43.8 Å². The molecule has 12 heteroatoms. The molecule has 0 aromatic rings. The predicted octanol–water partition coefficient (Wildman–Crippen LogP) is 0.366. The molecule has 29 heavy (non-hydrogen) atoms. The molecular weight excluding hydrogens is 444 g/mol. The highest BCUT2D eigenvalue weighted by molar-refractivity contribution is 8.29. The second-order valence-electron chi connectivity index (χ2n) is 8.30. The molecule has 2 fully saturated rings. The van der Waals surface area contributed by atoms with Gasteiger partial charge >= 0.3 is 0 Å². The van der Waals surface area contributed by atoms with Gasteiger partial charge in [-0.05, 0) is 24.2 Å². The second-order valence-corrected chi connectivity index (χ2v) is 15.1. The van der Waals surface area contributed by atoms with Crippen LogP contribution in [0.4, 0.5) is 0 Å². The van der Waals surface area contributed by atoms with E-state index in [2.05, 4.69) is 0 Å². The molecule has 0 heterocycles. The van der Waals surface area contributed by atoms with Crippen LogP contribution >= 0.6 is 0 Å². The van der Waals surface area contributed by atoms with E-state index in [0.29, 0.717) is 12.8 Å². The lowest BCUT2D eigenvalue weighted by Gasteiger charge is -2.40. The highest BCUT2D eigenvalue weighted by Gasteiger charge is 2.65. The molecule has 0 spiro atoms. The molecule has 0 aromatic heterocycles. The van der Waals surface area contributed by atoms with Crippen LogP contribution in [0.25, 0.3) is 0 Å². The normalized spacial score (nSPS) is 27.1. The molecule has 2 saturated carbocycles. The molecular formula is C17H29O9S3-. The fourth-order valence-corrected chi connectivity index (χ4v) is 13.2. The zero-order valence-electron chi connectivity index (χ0n) is 17.1. The highest BCUT2D eigenvalue weighted by atomic mass is 32.3. The number of fused-ring (bicyclic) bond motifs is 2. The minimum absolute atomic E-state index is 0.00356. The topological polar surface area (TPSA) is 138 Å². The molecule has 9 nitrogen and oxygen atoms in total. The lowest BCUT2D eigenvalue weighted by Crippen LogP contribution is -2.46. The van der Waals surface area contributed by atoms with Crippen LogP contribution in [-0.4, -0.2) is 75.7 Å². The molecule has 0 aromatic carbocycles. The van der Waals surface area contributed by atoms with Gasteiger partial charge in [-0.3, -0.25) is 30.0 Å². The fraction of sp³-hybridized carbons (Fsp3) is 0.882. The molecule has 2 bridgehead atoms. The van der Waals surface area contributed by atoms with Crippen LogP contribution in [0.15, 0.2) is 0 Å². The van der Waals surface area contributed by atoms with Gasteiger partial charge < -0.3 is 9.47 Å². The predicted molar refractivity (Wildman–Crippen MR) is 107 cm³/mol. The Bertz CT molecular complexity index is 910. The van der Waals surface area contributed by atoms with Crippen LogP contribution in [0, 0.1) is 20.7 Å². The Hall–Kier alpha value is -0.560. The first-order chi connectivity index (χ1) is 13.2. The van der Waals surface area contributed by atoms with E-state index >= 15 is 0 Å². The summed E-state index contributed by atoms with van der Waals surface area (Å²) in [4.78, 5) is 12.7. The van der Waals surface area contributed by atoms with Crippen molar-refractivity contribution in [3.05, 3.63) is 3.91 Å². The molecule has 0 saturated heterocycles. The number of Topliss-reactive ketones (excluding diaryl/α,β-unsaturated/α-hetero) is 1. The Morgan fingerprint density at radius 1 is 0.931 bits per heavy atom. The quantitative estimate of drug-likeness (QED) is 0.389. The van der Waals surface area contributed by atoms with Crippen LogP contribution in [0.3, 0.4) is 0 Å². The fourth-order valence-electron chi connectivity index (χ4n) is 4.62. The SMILES string of the molecule is COCCS(=O)(=O)[C-](S(=O)(=O)CCOC)S(=O)(=O)CC12CCC(CC1=O)C2(C)C. The Morgan fingerprint density at radius 2 is 1.41 bits per heavy atom. The van der Waals surface area contributed by atoms with Crippen molar-refractivity contribution in [2.75, 3.05) is 44.7 Å². The molecule has 0 aliphatic heterocycles.